The SMILES string of the molecule is C[C@]12CCC3C(CCC45CC4C(=O)CC[C@]35C)C1Cc1cnn(-c3ccc(F)cc3)c1N2. The first-order valence-electron chi connectivity index (χ1n) is 12.5. The molecule has 5 unspecified atom stereocenters. The molecule has 1 aromatic heterocycles. The largest absolute Gasteiger partial charge is 0.364 e. The van der Waals surface area contributed by atoms with Crippen LogP contribution in [-0.4, -0.2) is 21.1 Å². The summed E-state index contributed by atoms with van der Waals surface area (Å²) in [6, 6.07) is 6.60. The Hall–Kier alpha value is -2.17. The summed E-state index contributed by atoms with van der Waals surface area (Å²) in [6.07, 6.45) is 11.1. The summed E-state index contributed by atoms with van der Waals surface area (Å²) >= 11 is 0. The highest BCUT2D eigenvalue weighted by Crippen LogP contribution is 2.78. The van der Waals surface area contributed by atoms with Gasteiger partial charge >= 0.3 is 0 Å². The van der Waals surface area contributed by atoms with Gasteiger partial charge in [-0.25, -0.2) is 9.07 Å². The fourth-order valence-corrected chi connectivity index (χ4v) is 8.99. The fourth-order valence-electron chi connectivity index (χ4n) is 8.99. The molecule has 168 valence electrons. The molecule has 1 N–H and O–H groups in total. The molecule has 4 saturated carbocycles. The third kappa shape index (κ3) is 2.28. The van der Waals surface area contributed by atoms with Crippen molar-refractivity contribution in [2.75, 3.05) is 5.32 Å². The molecule has 4 aliphatic carbocycles. The van der Waals surface area contributed by atoms with E-state index in [0.29, 0.717) is 34.4 Å². The molecule has 0 radical (unpaired) electrons. The minimum atomic E-state index is -0.223. The molecule has 0 saturated heterocycles. The van der Waals surface area contributed by atoms with Crippen molar-refractivity contribution in [3.8, 4) is 5.69 Å². The van der Waals surface area contributed by atoms with Gasteiger partial charge in [-0.3, -0.25) is 4.79 Å². The molecule has 1 spiro atoms. The van der Waals surface area contributed by atoms with Crippen molar-refractivity contribution in [3.63, 3.8) is 0 Å². The second kappa shape index (κ2) is 6.03. The van der Waals surface area contributed by atoms with E-state index in [1.54, 1.807) is 12.1 Å². The third-order valence-corrected chi connectivity index (χ3v) is 10.8. The lowest BCUT2D eigenvalue weighted by Gasteiger charge is -2.62. The molecule has 4 nitrogen and oxygen atoms in total. The van der Waals surface area contributed by atoms with Crippen LogP contribution in [0.1, 0.15) is 64.4 Å². The second-order valence-electron chi connectivity index (χ2n) is 11.9. The van der Waals surface area contributed by atoms with E-state index in [4.69, 9.17) is 5.10 Å². The Morgan fingerprint density at radius 3 is 2.72 bits per heavy atom. The van der Waals surface area contributed by atoms with E-state index in [1.165, 1.54) is 43.4 Å². The van der Waals surface area contributed by atoms with Crippen molar-refractivity contribution in [1.82, 2.24) is 9.78 Å². The van der Waals surface area contributed by atoms with Crippen LogP contribution in [0.15, 0.2) is 30.5 Å². The normalized spacial score (nSPS) is 43.8. The summed E-state index contributed by atoms with van der Waals surface area (Å²) in [4.78, 5) is 12.5. The van der Waals surface area contributed by atoms with Gasteiger partial charge in [-0.2, -0.15) is 5.10 Å². The minimum Gasteiger partial charge on any atom is -0.364 e. The minimum absolute atomic E-state index is 0.0558. The maximum atomic E-state index is 13.4. The summed E-state index contributed by atoms with van der Waals surface area (Å²) in [5.74, 6) is 3.84. The number of hydrogen-bond acceptors (Lipinski definition) is 3. The monoisotopic (exact) mass is 433 g/mol. The van der Waals surface area contributed by atoms with Crippen molar-refractivity contribution in [1.29, 1.82) is 0 Å². The Morgan fingerprint density at radius 2 is 1.91 bits per heavy atom. The number of ketones is 1. The first-order chi connectivity index (χ1) is 15.3. The summed E-state index contributed by atoms with van der Waals surface area (Å²) in [6.45, 7) is 4.96. The number of halogens is 1. The quantitative estimate of drug-likeness (QED) is 0.641. The number of nitrogens with one attached hydrogen (secondary N) is 1. The molecule has 1 aromatic carbocycles. The van der Waals surface area contributed by atoms with Crippen LogP contribution in [-0.2, 0) is 11.2 Å². The lowest BCUT2D eigenvalue weighted by molar-refractivity contribution is -0.137. The van der Waals surface area contributed by atoms with Crippen LogP contribution in [0.3, 0.4) is 0 Å². The number of aromatic nitrogens is 2. The Labute approximate surface area is 189 Å². The highest BCUT2D eigenvalue weighted by atomic mass is 19.1. The maximum absolute atomic E-state index is 13.4. The molecule has 5 aliphatic rings. The number of hydrogen-bond donors (Lipinski definition) is 1. The van der Waals surface area contributed by atoms with Gasteiger partial charge in [0.25, 0.3) is 0 Å². The lowest BCUT2D eigenvalue weighted by atomic mass is 9.44. The number of carbonyl (C=O) groups is 1. The number of fused-ring (bicyclic) bond motifs is 5. The van der Waals surface area contributed by atoms with Crippen LogP contribution < -0.4 is 5.32 Å². The van der Waals surface area contributed by atoms with Crippen molar-refractivity contribution < 1.29 is 9.18 Å². The first kappa shape index (κ1) is 19.3. The predicted molar refractivity (Wildman–Crippen MR) is 121 cm³/mol. The van der Waals surface area contributed by atoms with Crippen LogP contribution >= 0.6 is 0 Å². The molecule has 7 atom stereocenters. The van der Waals surface area contributed by atoms with Crippen molar-refractivity contribution in [2.24, 2.45) is 34.5 Å². The van der Waals surface area contributed by atoms with E-state index < -0.39 is 0 Å². The van der Waals surface area contributed by atoms with Crippen molar-refractivity contribution in [2.45, 2.75) is 70.8 Å². The highest BCUT2D eigenvalue weighted by molar-refractivity contribution is 5.86. The van der Waals surface area contributed by atoms with Gasteiger partial charge < -0.3 is 5.32 Å². The van der Waals surface area contributed by atoms with Crippen LogP contribution in [0, 0.1) is 40.3 Å². The Kier molecular flexibility index (Phi) is 3.64. The summed E-state index contributed by atoms with van der Waals surface area (Å²) < 4.78 is 15.4. The van der Waals surface area contributed by atoms with Crippen molar-refractivity contribution in [3.05, 3.63) is 41.8 Å². The van der Waals surface area contributed by atoms with E-state index >= 15 is 0 Å². The Morgan fingerprint density at radius 1 is 1.09 bits per heavy atom. The number of nitrogens with zero attached hydrogens (tertiary/aromatic N) is 2. The second-order valence-corrected chi connectivity index (χ2v) is 11.9. The summed E-state index contributed by atoms with van der Waals surface area (Å²) in [5.41, 5.74) is 2.91. The van der Waals surface area contributed by atoms with E-state index in [2.05, 4.69) is 19.2 Å². The molecule has 2 heterocycles. The molecule has 2 aromatic rings. The average Bonchev–Trinajstić information content (AvgIpc) is 3.41. The molecule has 0 amide bonds. The molecule has 1 aliphatic heterocycles. The number of rotatable bonds is 1. The van der Waals surface area contributed by atoms with Crippen LogP contribution in [0.4, 0.5) is 10.2 Å². The van der Waals surface area contributed by atoms with Crippen LogP contribution in [0.2, 0.25) is 0 Å². The summed E-state index contributed by atoms with van der Waals surface area (Å²) in [5, 5.41) is 8.62. The van der Waals surface area contributed by atoms with E-state index in [1.807, 2.05) is 10.9 Å². The highest BCUT2D eigenvalue weighted by Gasteiger charge is 2.73. The van der Waals surface area contributed by atoms with Gasteiger partial charge in [-0.15, -0.1) is 0 Å². The molecular formula is C27H32FN3O. The zero-order valence-electron chi connectivity index (χ0n) is 19.0. The predicted octanol–water partition coefficient (Wildman–Crippen LogP) is 5.55. The number of carbonyl (C=O) groups excluding carboxylic acids is 1. The fraction of sp³-hybridized carbons (Fsp3) is 0.630. The number of benzene rings is 1. The number of Topliss-reactive ketones (excluding diaryl/α,β-unsaturated/α-hetero) is 1. The van der Waals surface area contributed by atoms with Gasteiger partial charge in [0.1, 0.15) is 17.4 Å². The third-order valence-electron chi connectivity index (χ3n) is 10.8. The van der Waals surface area contributed by atoms with E-state index in [0.717, 1.165) is 43.1 Å². The van der Waals surface area contributed by atoms with Crippen LogP contribution in [0.25, 0.3) is 5.69 Å². The molecular weight excluding hydrogens is 401 g/mol. The van der Waals surface area contributed by atoms with Gasteiger partial charge in [-0.05, 0) is 105 Å². The molecule has 0 bridgehead atoms. The van der Waals surface area contributed by atoms with Crippen LogP contribution in [0.5, 0.6) is 0 Å². The van der Waals surface area contributed by atoms with Gasteiger partial charge in [0.15, 0.2) is 0 Å². The van der Waals surface area contributed by atoms with E-state index in [-0.39, 0.29) is 11.4 Å². The standard InChI is InChI=1S/C27H32FN3O/c1-25-10-9-23(32)22-14-27(22,25)12-7-19-20(25)8-11-26(2)21(19)13-16-15-29-31(24(16)30-26)18-5-3-17(28)4-6-18/h3-6,15,19-22,30H,7-14H2,1-2H3/t19?,20?,21?,22?,25-,26+,27?/m1/s1. The smallest absolute Gasteiger partial charge is 0.136 e. The lowest BCUT2D eigenvalue weighted by Crippen LogP contribution is -2.60. The molecule has 5 heteroatoms. The number of anilines is 1. The molecule has 32 heavy (non-hydrogen) atoms. The zero-order chi connectivity index (χ0) is 21.9. The topological polar surface area (TPSA) is 46.9 Å². The van der Waals surface area contributed by atoms with Gasteiger partial charge in [0.05, 0.1) is 11.9 Å². The average molecular weight is 434 g/mol. The van der Waals surface area contributed by atoms with Gasteiger partial charge in [-0.1, -0.05) is 6.92 Å². The zero-order valence-corrected chi connectivity index (χ0v) is 19.0. The van der Waals surface area contributed by atoms with Gasteiger partial charge in [0, 0.05) is 23.4 Å². The van der Waals surface area contributed by atoms with Crippen molar-refractivity contribution >= 4 is 11.6 Å². The molecule has 7 rings (SSSR count). The Balaban J connectivity index is 1.23. The van der Waals surface area contributed by atoms with E-state index in [9.17, 15) is 9.18 Å². The first-order valence-corrected chi connectivity index (χ1v) is 12.5. The molecule has 4 fully saturated rings. The maximum Gasteiger partial charge on any atom is 0.136 e. The van der Waals surface area contributed by atoms with Gasteiger partial charge in [0.2, 0.25) is 0 Å². The Bertz CT molecular complexity index is 1120. The summed E-state index contributed by atoms with van der Waals surface area (Å²) in [7, 11) is 0.